The Morgan fingerprint density at radius 3 is 2.23 bits per heavy atom. The highest BCUT2D eigenvalue weighted by Gasteiger charge is 2.18. The number of rotatable bonds is 7. The zero-order chi connectivity index (χ0) is 22.1. The lowest BCUT2D eigenvalue weighted by Gasteiger charge is -2.25. The second-order valence-electron chi connectivity index (χ2n) is 8.05. The van der Waals surface area contributed by atoms with Crippen LogP contribution in [0.2, 0.25) is 0 Å². The summed E-state index contributed by atoms with van der Waals surface area (Å²) in [6.45, 7) is 9.34. The molecule has 0 spiro atoms. The van der Waals surface area contributed by atoms with E-state index in [-0.39, 0.29) is 28.8 Å². The van der Waals surface area contributed by atoms with Crippen LogP contribution in [0, 0.1) is 0 Å². The third kappa shape index (κ3) is 7.26. The highest BCUT2D eigenvalue weighted by atomic mass is 32.1. The minimum atomic E-state index is -0.289. The van der Waals surface area contributed by atoms with Gasteiger partial charge >= 0.3 is 5.97 Å². The van der Waals surface area contributed by atoms with E-state index in [1.807, 2.05) is 47.4 Å². The van der Waals surface area contributed by atoms with Gasteiger partial charge in [-0.15, -0.1) is 0 Å². The Labute approximate surface area is 184 Å². The average molecular weight is 427 g/mol. The molecule has 0 saturated heterocycles. The molecule has 0 saturated carbocycles. The first-order chi connectivity index (χ1) is 14.2. The van der Waals surface area contributed by atoms with E-state index in [1.165, 1.54) is 0 Å². The minimum absolute atomic E-state index is 0.0177. The van der Waals surface area contributed by atoms with Gasteiger partial charge in [-0.2, -0.15) is 0 Å². The monoisotopic (exact) mass is 426 g/mol. The first-order valence-electron chi connectivity index (χ1n) is 10.1. The van der Waals surface area contributed by atoms with Crippen molar-refractivity contribution in [3.8, 4) is 0 Å². The van der Waals surface area contributed by atoms with Crippen molar-refractivity contribution in [1.29, 1.82) is 0 Å². The smallest absolute Gasteiger partial charge is 0.307 e. The van der Waals surface area contributed by atoms with Crippen molar-refractivity contribution in [2.75, 3.05) is 13.2 Å². The Hall–Kier alpha value is -2.73. The van der Waals surface area contributed by atoms with Crippen molar-refractivity contribution in [3.63, 3.8) is 0 Å². The topological polar surface area (TPSA) is 58.6 Å². The molecule has 0 fully saturated rings. The maximum atomic E-state index is 12.7. The van der Waals surface area contributed by atoms with Crippen LogP contribution < -0.4 is 5.32 Å². The fourth-order valence-corrected chi connectivity index (χ4v) is 3.13. The Morgan fingerprint density at radius 2 is 1.67 bits per heavy atom. The quantitative estimate of drug-likeness (QED) is 0.523. The second-order valence-corrected chi connectivity index (χ2v) is 8.44. The van der Waals surface area contributed by atoms with Gasteiger partial charge in [-0.1, -0.05) is 63.2 Å². The summed E-state index contributed by atoms with van der Waals surface area (Å²) in [5, 5.41) is 3.08. The number of amides is 1. The van der Waals surface area contributed by atoms with Crippen molar-refractivity contribution in [3.05, 3.63) is 71.3 Å². The van der Waals surface area contributed by atoms with Crippen molar-refractivity contribution in [1.82, 2.24) is 10.2 Å². The van der Waals surface area contributed by atoms with Gasteiger partial charge in [0, 0.05) is 18.7 Å². The van der Waals surface area contributed by atoms with E-state index in [1.54, 1.807) is 19.1 Å². The molecule has 160 valence electrons. The van der Waals surface area contributed by atoms with Gasteiger partial charge in [-0.25, -0.2) is 0 Å². The predicted molar refractivity (Wildman–Crippen MR) is 123 cm³/mol. The average Bonchev–Trinajstić information content (AvgIpc) is 2.71. The van der Waals surface area contributed by atoms with Crippen LogP contribution in [0.15, 0.2) is 54.6 Å². The standard InChI is InChI=1S/C24H30N2O3S/c1-5-29-21(27)15-16-26(17-18-9-7-6-8-10-18)23(30)25-22(28)19-11-13-20(14-12-19)24(2,3)4/h6-14H,5,15-17H2,1-4H3,(H,25,28,30). The van der Waals surface area contributed by atoms with Crippen LogP contribution in [-0.4, -0.2) is 35.0 Å². The van der Waals surface area contributed by atoms with Gasteiger partial charge in [0.1, 0.15) is 0 Å². The first-order valence-corrected chi connectivity index (χ1v) is 10.5. The van der Waals surface area contributed by atoms with Crippen molar-refractivity contribution in [2.24, 2.45) is 0 Å². The lowest BCUT2D eigenvalue weighted by Crippen LogP contribution is -2.43. The number of ether oxygens (including phenoxy) is 1. The number of carbonyl (C=O) groups excluding carboxylic acids is 2. The fraction of sp³-hybridized carbons (Fsp3) is 0.375. The maximum absolute atomic E-state index is 12.7. The van der Waals surface area contributed by atoms with Crippen molar-refractivity contribution < 1.29 is 14.3 Å². The lowest BCUT2D eigenvalue weighted by atomic mass is 9.87. The van der Waals surface area contributed by atoms with Gasteiger partial charge in [0.15, 0.2) is 5.11 Å². The largest absolute Gasteiger partial charge is 0.466 e. The Balaban J connectivity index is 2.08. The molecule has 2 aromatic carbocycles. The van der Waals surface area contributed by atoms with Crippen molar-refractivity contribution in [2.45, 2.75) is 46.1 Å². The van der Waals surface area contributed by atoms with E-state index in [0.29, 0.717) is 25.3 Å². The van der Waals surface area contributed by atoms with E-state index in [0.717, 1.165) is 11.1 Å². The van der Waals surface area contributed by atoms with Crippen LogP contribution in [0.25, 0.3) is 0 Å². The molecule has 0 aliphatic carbocycles. The molecule has 0 aromatic heterocycles. The summed E-state index contributed by atoms with van der Waals surface area (Å²) in [6, 6.07) is 17.3. The lowest BCUT2D eigenvalue weighted by molar-refractivity contribution is -0.143. The Kier molecular flexibility index (Phi) is 8.54. The third-order valence-corrected chi connectivity index (χ3v) is 4.99. The van der Waals surface area contributed by atoms with Gasteiger partial charge < -0.3 is 9.64 Å². The molecule has 30 heavy (non-hydrogen) atoms. The van der Waals surface area contributed by atoms with E-state index in [9.17, 15) is 9.59 Å². The molecule has 0 aliphatic rings. The van der Waals surface area contributed by atoms with Gasteiger partial charge in [0.05, 0.1) is 13.0 Å². The zero-order valence-electron chi connectivity index (χ0n) is 18.1. The molecule has 0 aliphatic heterocycles. The Morgan fingerprint density at radius 1 is 1.03 bits per heavy atom. The van der Waals surface area contributed by atoms with E-state index >= 15 is 0 Å². The molecule has 1 N–H and O–H groups in total. The van der Waals surface area contributed by atoms with Crippen LogP contribution in [-0.2, 0) is 21.5 Å². The second kappa shape index (κ2) is 10.9. The van der Waals surface area contributed by atoms with Crippen LogP contribution >= 0.6 is 12.2 Å². The molecular weight excluding hydrogens is 396 g/mol. The van der Waals surface area contributed by atoms with Crippen LogP contribution in [0.1, 0.15) is 55.6 Å². The summed E-state index contributed by atoms with van der Waals surface area (Å²) in [4.78, 5) is 26.3. The SMILES string of the molecule is CCOC(=O)CCN(Cc1ccccc1)C(=S)NC(=O)c1ccc(C(C)(C)C)cc1. The number of carbonyl (C=O) groups is 2. The fourth-order valence-electron chi connectivity index (χ4n) is 2.89. The summed E-state index contributed by atoms with van der Waals surface area (Å²) in [5.41, 5.74) is 2.74. The van der Waals surface area contributed by atoms with Gasteiger partial charge in [0.25, 0.3) is 5.91 Å². The summed E-state index contributed by atoms with van der Waals surface area (Å²) in [7, 11) is 0. The normalized spacial score (nSPS) is 10.9. The highest BCUT2D eigenvalue weighted by molar-refractivity contribution is 7.80. The molecule has 0 bridgehead atoms. The number of nitrogens with zero attached hydrogens (tertiary/aromatic N) is 1. The van der Waals surface area contributed by atoms with Crippen LogP contribution in [0.5, 0.6) is 0 Å². The zero-order valence-corrected chi connectivity index (χ0v) is 18.9. The Bertz CT molecular complexity index is 858. The van der Waals surface area contributed by atoms with Gasteiger partial charge in [-0.05, 0) is 47.8 Å². The summed E-state index contributed by atoms with van der Waals surface area (Å²) < 4.78 is 5.02. The highest BCUT2D eigenvalue weighted by Crippen LogP contribution is 2.22. The molecule has 0 heterocycles. The summed E-state index contributed by atoms with van der Waals surface area (Å²) in [6.07, 6.45) is 0.191. The molecule has 5 nitrogen and oxygen atoms in total. The molecule has 0 unspecified atom stereocenters. The molecule has 1 amide bonds. The molecule has 0 radical (unpaired) electrons. The number of hydrogen-bond acceptors (Lipinski definition) is 4. The number of thiocarbonyl (C=S) groups is 1. The molecule has 6 heteroatoms. The van der Waals surface area contributed by atoms with E-state index in [4.69, 9.17) is 17.0 Å². The summed E-state index contributed by atoms with van der Waals surface area (Å²) in [5.74, 6) is -0.558. The van der Waals surface area contributed by atoms with Crippen molar-refractivity contribution >= 4 is 29.2 Å². The number of hydrogen-bond donors (Lipinski definition) is 1. The van der Waals surface area contributed by atoms with Gasteiger partial charge in [-0.3, -0.25) is 14.9 Å². The maximum Gasteiger partial charge on any atom is 0.307 e. The van der Waals surface area contributed by atoms with E-state index in [2.05, 4.69) is 26.1 Å². The van der Waals surface area contributed by atoms with Crippen LogP contribution in [0.4, 0.5) is 0 Å². The third-order valence-electron chi connectivity index (χ3n) is 4.63. The predicted octanol–water partition coefficient (Wildman–Crippen LogP) is 4.45. The van der Waals surface area contributed by atoms with E-state index < -0.39 is 0 Å². The van der Waals surface area contributed by atoms with Crippen LogP contribution in [0.3, 0.4) is 0 Å². The molecule has 2 rings (SSSR count). The molecular formula is C24H30N2O3S. The molecule has 2 aromatic rings. The number of benzene rings is 2. The number of nitrogens with one attached hydrogen (secondary N) is 1. The minimum Gasteiger partial charge on any atom is -0.466 e. The summed E-state index contributed by atoms with van der Waals surface area (Å²) >= 11 is 5.49. The first kappa shape index (κ1) is 23.5. The number of esters is 1. The molecule has 0 atom stereocenters. The van der Waals surface area contributed by atoms with Gasteiger partial charge in [0.2, 0.25) is 0 Å².